The van der Waals surface area contributed by atoms with Crippen molar-refractivity contribution in [2.75, 3.05) is 7.11 Å². The molecular weight excluding hydrogens is 516 g/mol. The number of ether oxygens (including phenoxy) is 1. The Labute approximate surface area is 250 Å². The van der Waals surface area contributed by atoms with Crippen molar-refractivity contribution < 1.29 is 4.74 Å². The molecule has 4 N–H and O–H groups in total. The lowest BCUT2D eigenvalue weighted by atomic mass is 10.00. The van der Waals surface area contributed by atoms with E-state index >= 15 is 0 Å². The Morgan fingerprint density at radius 1 is 0.429 bits per heavy atom. The summed E-state index contributed by atoms with van der Waals surface area (Å²) in [6.07, 6.45) is 14.8. The topological polar surface area (TPSA) is 72.4 Å². The lowest BCUT2D eigenvalue weighted by Gasteiger charge is -2.08. The Balaban J connectivity index is 2.06. The summed E-state index contributed by atoms with van der Waals surface area (Å²) in [5.74, 6) is 0.905. The number of hydrogen-bond acceptors (Lipinski definition) is 1. The fourth-order valence-electron chi connectivity index (χ4n) is 7.53. The van der Waals surface area contributed by atoms with E-state index in [1.165, 1.54) is 77.6 Å². The molecule has 0 aliphatic carbocycles. The first kappa shape index (κ1) is 29.9. The van der Waals surface area contributed by atoms with Crippen molar-refractivity contribution in [3.05, 3.63) is 88.7 Å². The molecule has 4 aromatic heterocycles. The third kappa shape index (κ3) is 4.71. The second kappa shape index (κ2) is 12.3. The van der Waals surface area contributed by atoms with Crippen molar-refractivity contribution in [2.24, 2.45) is 0 Å². The molecule has 42 heavy (non-hydrogen) atoms. The minimum Gasteiger partial charge on any atom is -0.492 e. The van der Waals surface area contributed by atoms with E-state index < -0.39 is 0 Å². The van der Waals surface area contributed by atoms with Crippen LogP contribution in [0.15, 0.2) is 0 Å². The van der Waals surface area contributed by atoms with Gasteiger partial charge in [0.05, 0.1) is 18.2 Å². The van der Waals surface area contributed by atoms with E-state index in [0.29, 0.717) is 0 Å². The standard InChI is InChI=1S/C37H50N4O/c1-10-21-23(12-3)31-19-33-25(14-5)27(16-7)35(40-33)37(42-9)36-28(17-8)26(15-6)34(41-36)20-32-24(13-4)22(11-2)30(39-32)18-29(21)38-31/h18-20,38-41H,10-17H2,1-9H3. The molecule has 1 aliphatic heterocycles. The molecule has 0 atom stereocenters. The Hall–Kier alpha value is -3.60. The van der Waals surface area contributed by atoms with Crippen LogP contribution in [0.25, 0.3) is 24.0 Å². The van der Waals surface area contributed by atoms with Crippen molar-refractivity contribution in [1.29, 1.82) is 0 Å². The number of nitrogens with one attached hydrogen (secondary N) is 4. The van der Waals surface area contributed by atoms with Crippen LogP contribution in [0.2, 0.25) is 0 Å². The molecule has 0 radical (unpaired) electrons. The summed E-state index contributed by atoms with van der Waals surface area (Å²) < 4.78 is 6.30. The molecule has 8 bridgehead atoms. The van der Waals surface area contributed by atoms with Gasteiger partial charge in [-0.05, 0) is 114 Å². The highest BCUT2D eigenvalue weighted by molar-refractivity contribution is 5.69. The molecule has 0 unspecified atom stereocenters. The van der Waals surface area contributed by atoms with Crippen molar-refractivity contribution in [2.45, 2.75) is 107 Å². The zero-order valence-electron chi connectivity index (χ0n) is 27.3. The number of aromatic amines is 4. The van der Waals surface area contributed by atoms with E-state index in [0.717, 1.165) is 68.2 Å². The second-order valence-corrected chi connectivity index (χ2v) is 11.4. The number of methoxy groups -OCH3 is 1. The van der Waals surface area contributed by atoms with Crippen LogP contribution in [-0.4, -0.2) is 27.0 Å². The average Bonchev–Trinajstić information content (AvgIpc) is 3.72. The molecule has 0 saturated carbocycles. The normalized spacial score (nSPS) is 12.7. The Morgan fingerprint density at radius 2 is 0.810 bits per heavy atom. The summed E-state index contributed by atoms with van der Waals surface area (Å²) in [6.45, 7) is 18.1. The van der Waals surface area contributed by atoms with Crippen LogP contribution in [0.1, 0.15) is 123 Å². The third-order valence-electron chi connectivity index (χ3n) is 9.42. The molecule has 5 heterocycles. The SMILES string of the molecule is CCc1c2[nH]c(c1CC)C=c1[nH]c(c(CC)c1CC)=C(OC)c1[nH]c(c(CC)c1CC)C=c1[nH]c(c(CC)c1CC)=C2. The van der Waals surface area contributed by atoms with E-state index in [9.17, 15) is 0 Å². The maximum absolute atomic E-state index is 6.30. The molecule has 224 valence electrons. The quantitative estimate of drug-likeness (QED) is 0.224. The molecule has 0 spiro atoms. The van der Waals surface area contributed by atoms with Gasteiger partial charge < -0.3 is 24.7 Å². The summed E-state index contributed by atoms with van der Waals surface area (Å²) in [5.41, 5.74) is 15.7. The second-order valence-electron chi connectivity index (χ2n) is 11.4. The Bertz CT molecular complexity index is 1850. The highest BCUT2D eigenvalue weighted by atomic mass is 16.5. The first-order valence-corrected chi connectivity index (χ1v) is 16.3. The van der Waals surface area contributed by atoms with Gasteiger partial charge in [-0.15, -0.1) is 0 Å². The van der Waals surface area contributed by atoms with Crippen molar-refractivity contribution in [3.8, 4) is 0 Å². The summed E-state index contributed by atoms with van der Waals surface area (Å²) in [4.78, 5) is 15.5. The Morgan fingerprint density at radius 3 is 1.24 bits per heavy atom. The van der Waals surface area contributed by atoms with E-state index in [2.05, 4.69) is 93.6 Å². The molecule has 4 aromatic rings. The summed E-state index contributed by atoms with van der Waals surface area (Å²) >= 11 is 0. The monoisotopic (exact) mass is 566 g/mol. The molecular formula is C37H50N4O. The first-order valence-electron chi connectivity index (χ1n) is 16.3. The minimum atomic E-state index is 0.905. The molecule has 5 nitrogen and oxygen atoms in total. The number of H-pyrrole nitrogens is 4. The van der Waals surface area contributed by atoms with Gasteiger partial charge in [0.2, 0.25) is 0 Å². The maximum Gasteiger partial charge on any atom is 0.166 e. The molecule has 0 aromatic carbocycles. The molecule has 0 saturated heterocycles. The highest BCUT2D eigenvalue weighted by Crippen LogP contribution is 2.27. The molecule has 0 fully saturated rings. The van der Waals surface area contributed by atoms with Gasteiger partial charge in [-0.1, -0.05) is 55.4 Å². The average molecular weight is 567 g/mol. The molecule has 5 heteroatoms. The molecule has 1 aliphatic rings. The van der Waals surface area contributed by atoms with Crippen LogP contribution in [0.5, 0.6) is 0 Å². The van der Waals surface area contributed by atoms with Gasteiger partial charge in [-0.25, -0.2) is 0 Å². The van der Waals surface area contributed by atoms with Crippen LogP contribution < -0.4 is 21.4 Å². The Kier molecular flexibility index (Phi) is 8.77. The fraction of sp³-hybridized carbons (Fsp3) is 0.459. The predicted molar refractivity (Wildman–Crippen MR) is 177 cm³/mol. The summed E-state index contributed by atoms with van der Waals surface area (Å²) in [6, 6.07) is 0. The number of rotatable bonds is 9. The highest BCUT2D eigenvalue weighted by Gasteiger charge is 2.22. The third-order valence-corrected chi connectivity index (χ3v) is 9.42. The zero-order chi connectivity index (χ0) is 30.1. The number of hydrogen-bond donors (Lipinski definition) is 4. The van der Waals surface area contributed by atoms with Gasteiger partial charge in [-0.2, -0.15) is 0 Å². The molecule has 0 amide bonds. The minimum absolute atomic E-state index is 0.905. The maximum atomic E-state index is 6.30. The summed E-state index contributed by atoms with van der Waals surface area (Å²) in [7, 11) is 1.81. The lowest BCUT2D eigenvalue weighted by molar-refractivity contribution is 0.363. The summed E-state index contributed by atoms with van der Waals surface area (Å²) in [5, 5.41) is 4.69. The smallest absolute Gasteiger partial charge is 0.166 e. The first-order chi connectivity index (χ1) is 20.4. The number of aromatic nitrogens is 4. The van der Waals surface area contributed by atoms with E-state index in [-0.39, 0.29) is 0 Å². The van der Waals surface area contributed by atoms with Gasteiger partial charge >= 0.3 is 0 Å². The van der Waals surface area contributed by atoms with E-state index in [1.807, 2.05) is 7.11 Å². The van der Waals surface area contributed by atoms with Crippen LogP contribution in [0.4, 0.5) is 0 Å². The van der Waals surface area contributed by atoms with E-state index in [1.54, 1.807) is 0 Å². The lowest BCUT2D eigenvalue weighted by Crippen LogP contribution is -2.18. The van der Waals surface area contributed by atoms with Crippen LogP contribution in [0.3, 0.4) is 0 Å². The zero-order valence-corrected chi connectivity index (χ0v) is 27.3. The van der Waals surface area contributed by atoms with Gasteiger partial charge in [-0.3, -0.25) is 0 Å². The largest absolute Gasteiger partial charge is 0.492 e. The van der Waals surface area contributed by atoms with Crippen molar-refractivity contribution in [1.82, 2.24) is 19.9 Å². The van der Waals surface area contributed by atoms with Gasteiger partial charge in [0.1, 0.15) is 0 Å². The van der Waals surface area contributed by atoms with E-state index in [4.69, 9.17) is 4.74 Å². The van der Waals surface area contributed by atoms with Gasteiger partial charge in [0.25, 0.3) is 0 Å². The van der Waals surface area contributed by atoms with Crippen molar-refractivity contribution in [3.63, 3.8) is 0 Å². The van der Waals surface area contributed by atoms with Gasteiger partial charge in [0, 0.05) is 33.1 Å². The predicted octanol–water partition coefficient (Wildman–Crippen LogP) is 5.10. The number of fused-ring (bicyclic) bond motifs is 8. The van der Waals surface area contributed by atoms with Crippen LogP contribution in [-0.2, 0) is 56.1 Å². The molecule has 5 rings (SSSR count). The van der Waals surface area contributed by atoms with Crippen molar-refractivity contribution >= 4 is 24.0 Å². The van der Waals surface area contributed by atoms with Crippen LogP contribution in [0, 0.1) is 0 Å². The fourth-order valence-corrected chi connectivity index (χ4v) is 7.53. The van der Waals surface area contributed by atoms with Gasteiger partial charge in [0.15, 0.2) is 5.76 Å². The van der Waals surface area contributed by atoms with Crippen LogP contribution >= 0.6 is 0 Å².